The molecular formula is C16H21N3O. The SMILES string of the molecule is CC(C)n1cnc2cc(CC(=O)N3CCCC3)ccc21. The van der Waals surface area contributed by atoms with Crippen molar-refractivity contribution in [2.24, 2.45) is 0 Å². The number of benzene rings is 1. The molecule has 0 radical (unpaired) electrons. The van der Waals surface area contributed by atoms with Crippen molar-refractivity contribution in [3.05, 3.63) is 30.1 Å². The number of fused-ring (bicyclic) bond motifs is 1. The summed E-state index contributed by atoms with van der Waals surface area (Å²) < 4.78 is 2.15. The first kappa shape index (κ1) is 13.2. The topological polar surface area (TPSA) is 38.1 Å². The van der Waals surface area contributed by atoms with Gasteiger partial charge in [0.05, 0.1) is 23.8 Å². The number of carbonyl (C=O) groups excluding carboxylic acids is 1. The van der Waals surface area contributed by atoms with Crippen LogP contribution in [0.25, 0.3) is 11.0 Å². The molecule has 106 valence electrons. The van der Waals surface area contributed by atoms with Crippen molar-refractivity contribution >= 4 is 16.9 Å². The van der Waals surface area contributed by atoms with Gasteiger partial charge in [-0.05, 0) is 44.4 Å². The van der Waals surface area contributed by atoms with E-state index in [2.05, 4.69) is 35.5 Å². The van der Waals surface area contributed by atoms with Crippen LogP contribution in [-0.4, -0.2) is 33.4 Å². The molecule has 1 aromatic heterocycles. The molecule has 20 heavy (non-hydrogen) atoms. The van der Waals surface area contributed by atoms with E-state index in [4.69, 9.17) is 0 Å². The van der Waals surface area contributed by atoms with Crippen molar-refractivity contribution < 1.29 is 4.79 Å². The Bertz CT molecular complexity index is 624. The fraction of sp³-hybridized carbons (Fsp3) is 0.500. The summed E-state index contributed by atoms with van der Waals surface area (Å²) in [6.45, 7) is 6.13. The fourth-order valence-electron chi connectivity index (χ4n) is 2.85. The van der Waals surface area contributed by atoms with Crippen molar-refractivity contribution in [1.29, 1.82) is 0 Å². The number of amides is 1. The molecule has 2 heterocycles. The standard InChI is InChI=1S/C16H21N3O/c1-12(2)19-11-17-14-9-13(5-6-15(14)19)10-16(20)18-7-3-4-8-18/h5-6,9,11-12H,3-4,7-8,10H2,1-2H3. The third-order valence-corrected chi connectivity index (χ3v) is 4.01. The van der Waals surface area contributed by atoms with E-state index >= 15 is 0 Å². The van der Waals surface area contributed by atoms with Gasteiger partial charge < -0.3 is 9.47 Å². The lowest BCUT2D eigenvalue weighted by Gasteiger charge is -2.15. The fourth-order valence-corrected chi connectivity index (χ4v) is 2.85. The molecule has 3 rings (SSSR count). The van der Waals surface area contributed by atoms with E-state index in [9.17, 15) is 4.79 Å². The molecule has 0 N–H and O–H groups in total. The highest BCUT2D eigenvalue weighted by molar-refractivity contribution is 5.82. The van der Waals surface area contributed by atoms with Gasteiger partial charge >= 0.3 is 0 Å². The zero-order valence-electron chi connectivity index (χ0n) is 12.2. The molecule has 1 aliphatic heterocycles. The van der Waals surface area contributed by atoms with E-state index < -0.39 is 0 Å². The van der Waals surface area contributed by atoms with Crippen LogP contribution in [0, 0.1) is 0 Å². The third kappa shape index (κ3) is 2.42. The Kier molecular flexibility index (Phi) is 3.47. The van der Waals surface area contributed by atoms with E-state index in [0.29, 0.717) is 12.5 Å². The van der Waals surface area contributed by atoms with Gasteiger partial charge in [0.25, 0.3) is 0 Å². The van der Waals surface area contributed by atoms with Crippen LogP contribution >= 0.6 is 0 Å². The number of likely N-dealkylation sites (tertiary alicyclic amines) is 1. The first-order valence-corrected chi connectivity index (χ1v) is 7.38. The maximum atomic E-state index is 12.2. The van der Waals surface area contributed by atoms with Gasteiger partial charge in [0.2, 0.25) is 5.91 Å². The van der Waals surface area contributed by atoms with E-state index in [0.717, 1.165) is 42.5 Å². The number of carbonyl (C=O) groups is 1. The molecule has 0 spiro atoms. The molecule has 0 bridgehead atoms. The van der Waals surface area contributed by atoms with Crippen LogP contribution < -0.4 is 0 Å². The molecule has 1 aliphatic rings. The Morgan fingerprint density at radius 2 is 2.05 bits per heavy atom. The van der Waals surface area contributed by atoms with E-state index in [-0.39, 0.29) is 5.91 Å². The highest BCUT2D eigenvalue weighted by Gasteiger charge is 2.18. The predicted molar refractivity (Wildman–Crippen MR) is 79.6 cm³/mol. The summed E-state index contributed by atoms with van der Waals surface area (Å²) >= 11 is 0. The molecular weight excluding hydrogens is 250 g/mol. The maximum Gasteiger partial charge on any atom is 0.226 e. The average molecular weight is 271 g/mol. The van der Waals surface area contributed by atoms with Crippen LogP contribution in [0.4, 0.5) is 0 Å². The molecule has 2 aromatic rings. The smallest absolute Gasteiger partial charge is 0.226 e. The van der Waals surface area contributed by atoms with Crippen molar-refractivity contribution in [2.75, 3.05) is 13.1 Å². The van der Waals surface area contributed by atoms with Gasteiger partial charge in [0.15, 0.2) is 0 Å². The largest absolute Gasteiger partial charge is 0.342 e. The number of hydrogen-bond acceptors (Lipinski definition) is 2. The van der Waals surface area contributed by atoms with Gasteiger partial charge in [-0.2, -0.15) is 0 Å². The van der Waals surface area contributed by atoms with E-state index in [1.165, 1.54) is 0 Å². The van der Waals surface area contributed by atoms with Gasteiger partial charge in [-0.1, -0.05) is 6.07 Å². The number of nitrogens with zero attached hydrogens (tertiary/aromatic N) is 3. The Morgan fingerprint density at radius 3 is 2.75 bits per heavy atom. The van der Waals surface area contributed by atoms with Crippen molar-refractivity contribution in [1.82, 2.24) is 14.5 Å². The van der Waals surface area contributed by atoms with Crippen LogP contribution in [-0.2, 0) is 11.2 Å². The molecule has 0 atom stereocenters. The molecule has 0 saturated carbocycles. The predicted octanol–water partition coefficient (Wildman–Crippen LogP) is 2.78. The van der Waals surface area contributed by atoms with Crippen LogP contribution in [0.15, 0.2) is 24.5 Å². The minimum absolute atomic E-state index is 0.241. The summed E-state index contributed by atoms with van der Waals surface area (Å²) in [5.74, 6) is 0.241. The number of aromatic nitrogens is 2. The van der Waals surface area contributed by atoms with Gasteiger partial charge in [-0.25, -0.2) is 4.98 Å². The lowest BCUT2D eigenvalue weighted by atomic mass is 10.1. The average Bonchev–Trinajstić information content (AvgIpc) is 3.07. The minimum Gasteiger partial charge on any atom is -0.342 e. The Balaban J connectivity index is 1.80. The molecule has 4 nitrogen and oxygen atoms in total. The van der Waals surface area contributed by atoms with Crippen LogP contribution in [0.5, 0.6) is 0 Å². The number of hydrogen-bond donors (Lipinski definition) is 0. The zero-order chi connectivity index (χ0) is 14.1. The van der Waals surface area contributed by atoms with Gasteiger partial charge in [-0.15, -0.1) is 0 Å². The second-order valence-electron chi connectivity index (χ2n) is 5.83. The molecule has 1 saturated heterocycles. The zero-order valence-corrected chi connectivity index (χ0v) is 12.2. The van der Waals surface area contributed by atoms with Crippen LogP contribution in [0.2, 0.25) is 0 Å². The van der Waals surface area contributed by atoms with E-state index in [1.807, 2.05) is 17.3 Å². The molecule has 1 aromatic carbocycles. The quantitative estimate of drug-likeness (QED) is 0.861. The molecule has 0 unspecified atom stereocenters. The third-order valence-electron chi connectivity index (χ3n) is 4.01. The second-order valence-corrected chi connectivity index (χ2v) is 5.83. The second kappa shape index (κ2) is 5.27. The van der Waals surface area contributed by atoms with Crippen LogP contribution in [0.3, 0.4) is 0 Å². The summed E-state index contributed by atoms with van der Waals surface area (Å²) in [6.07, 6.45) is 4.65. The molecule has 0 aliphatic carbocycles. The molecule has 4 heteroatoms. The van der Waals surface area contributed by atoms with Crippen molar-refractivity contribution in [3.8, 4) is 0 Å². The first-order valence-electron chi connectivity index (χ1n) is 7.38. The lowest BCUT2D eigenvalue weighted by Crippen LogP contribution is -2.29. The molecule has 1 amide bonds. The van der Waals surface area contributed by atoms with Gasteiger partial charge in [0, 0.05) is 19.1 Å². The van der Waals surface area contributed by atoms with Crippen molar-refractivity contribution in [3.63, 3.8) is 0 Å². The summed E-state index contributed by atoms with van der Waals surface area (Å²) in [6, 6.07) is 6.57. The Labute approximate surface area is 119 Å². The summed E-state index contributed by atoms with van der Waals surface area (Å²) in [5.41, 5.74) is 3.17. The Morgan fingerprint density at radius 1 is 1.30 bits per heavy atom. The first-order chi connectivity index (χ1) is 9.65. The minimum atomic E-state index is 0.241. The normalized spacial score (nSPS) is 15.4. The summed E-state index contributed by atoms with van der Waals surface area (Å²) in [4.78, 5) is 18.6. The number of imidazole rings is 1. The van der Waals surface area contributed by atoms with Gasteiger partial charge in [0.1, 0.15) is 0 Å². The monoisotopic (exact) mass is 271 g/mol. The highest BCUT2D eigenvalue weighted by atomic mass is 16.2. The van der Waals surface area contributed by atoms with Gasteiger partial charge in [-0.3, -0.25) is 4.79 Å². The van der Waals surface area contributed by atoms with E-state index in [1.54, 1.807) is 0 Å². The summed E-state index contributed by atoms with van der Waals surface area (Å²) in [7, 11) is 0. The van der Waals surface area contributed by atoms with Crippen molar-refractivity contribution in [2.45, 2.75) is 39.2 Å². The highest BCUT2D eigenvalue weighted by Crippen LogP contribution is 2.19. The number of rotatable bonds is 3. The van der Waals surface area contributed by atoms with Crippen LogP contribution in [0.1, 0.15) is 38.3 Å². The maximum absolute atomic E-state index is 12.2. The Hall–Kier alpha value is -1.84. The summed E-state index contributed by atoms with van der Waals surface area (Å²) in [5, 5.41) is 0. The molecule has 1 fully saturated rings. The lowest BCUT2D eigenvalue weighted by molar-refractivity contribution is -0.129.